The third kappa shape index (κ3) is 4.48. The minimum atomic E-state index is -0.282. The van der Waals surface area contributed by atoms with Gasteiger partial charge in [-0.05, 0) is 48.7 Å². The number of rotatable bonds is 5. The SMILES string of the molecule is O=C(CN1C(=O)COc2cc(Br)ccc21)NCc1cccc(C(=O)N2CCCC2)c1. The molecule has 2 aliphatic heterocycles. The molecule has 8 heteroatoms. The Morgan fingerprint density at radius 1 is 1.10 bits per heavy atom. The number of carbonyl (C=O) groups excluding carboxylic acids is 3. The maximum atomic E-state index is 12.6. The summed E-state index contributed by atoms with van der Waals surface area (Å²) in [5.74, 6) is 0.0424. The third-order valence-corrected chi connectivity index (χ3v) is 5.72. The largest absolute Gasteiger partial charge is 0.482 e. The molecule has 2 aromatic carbocycles. The number of ether oxygens (including phenoxy) is 1. The summed E-state index contributed by atoms with van der Waals surface area (Å²) in [6, 6.07) is 12.6. The van der Waals surface area contributed by atoms with Crippen molar-refractivity contribution in [2.24, 2.45) is 0 Å². The highest BCUT2D eigenvalue weighted by Gasteiger charge is 2.27. The standard InChI is InChI=1S/C22H22BrN3O4/c23-17-6-7-18-19(11-17)30-14-21(28)26(18)13-20(27)24-12-15-4-3-5-16(10-15)22(29)25-8-1-2-9-25/h3-7,10-11H,1-2,8-9,12-14H2,(H,24,27). The summed E-state index contributed by atoms with van der Waals surface area (Å²) in [7, 11) is 0. The Hall–Kier alpha value is -2.87. The van der Waals surface area contributed by atoms with Crippen LogP contribution in [0.5, 0.6) is 5.75 Å². The van der Waals surface area contributed by atoms with Gasteiger partial charge in [0.2, 0.25) is 5.91 Å². The lowest BCUT2D eigenvalue weighted by Crippen LogP contribution is -2.45. The van der Waals surface area contributed by atoms with Gasteiger partial charge in [0.1, 0.15) is 12.3 Å². The molecule has 3 amide bonds. The highest BCUT2D eigenvalue weighted by Crippen LogP contribution is 2.34. The number of halogens is 1. The Balaban J connectivity index is 1.38. The first-order valence-corrected chi connectivity index (χ1v) is 10.7. The first-order chi connectivity index (χ1) is 14.5. The first-order valence-electron chi connectivity index (χ1n) is 9.89. The van der Waals surface area contributed by atoms with Crippen LogP contribution >= 0.6 is 15.9 Å². The monoisotopic (exact) mass is 471 g/mol. The molecular weight excluding hydrogens is 450 g/mol. The molecule has 0 aliphatic carbocycles. The zero-order chi connectivity index (χ0) is 21.1. The molecule has 0 atom stereocenters. The lowest BCUT2D eigenvalue weighted by Gasteiger charge is -2.29. The van der Waals surface area contributed by atoms with Crippen LogP contribution in [0, 0.1) is 0 Å². The molecule has 1 fully saturated rings. The van der Waals surface area contributed by atoms with Crippen LogP contribution in [0.25, 0.3) is 0 Å². The highest BCUT2D eigenvalue weighted by molar-refractivity contribution is 9.10. The van der Waals surface area contributed by atoms with Crippen molar-refractivity contribution in [2.75, 3.05) is 31.1 Å². The molecule has 0 unspecified atom stereocenters. The van der Waals surface area contributed by atoms with E-state index in [1.54, 1.807) is 24.3 Å². The maximum Gasteiger partial charge on any atom is 0.265 e. The van der Waals surface area contributed by atoms with Gasteiger partial charge in [0, 0.05) is 29.7 Å². The Bertz CT molecular complexity index is 988. The maximum absolute atomic E-state index is 12.6. The van der Waals surface area contributed by atoms with E-state index >= 15 is 0 Å². The quantitative estimate of drug-likeness (QED) is 0.726. The van der Waals surface area contributed by atoms with Crippen LogP contribution in [0.15, 0.2) is 46.9 Å². The number of hydrogen-bond acceptors (Lipinski definition) is 4. The van der Waals surface area contributed by atoms with Crippen LogP contribution in [-0.2, 0) is 16.1 Å². The average Bonchev–Trinajstić information content (AvgIpc) is 3.29. The second-order valence-electron chi connectivity index (χ2n) is 7.36. The minimum Gasteiger partial charge on any atom is -0.482 e. The zero-order valence-electron chi connectivity index (χ0n) is 16.4. The molecule has 0 aromatic heterocycles. The molecule has 2 heterocycles. The number of nitrogens with zero attached hydrogens (tertiary/aromatic N) is 2. The van der Waals surface area contributed by atoms with Crippen LogP contribution in [0.3, 0.4) is 0 Å². The summed E-state index contributed by atoms with van der Waals surface area (Å²) in [6.07, 6.45) is 2.09. The number of carbonyl (C=O) groups is 3. The number of benzene rings is 2. The van der Waals surface area contributed by atoms with Crippen LogP contribution < -0.4 is 15.0 Å². The van der Waals surface area contributed by atoms with Gasteiger partial charge in [0.05, 0.1) is 5.69 Å². The van der Waals surface area contributed by atoms with E-state index in [0.29, 0.717) is 17.0 Å². The molecule has 30 heavy (non-hydrogen) atoms. The molecule has 0 bridgehead atoms. The van der Waals surface area contributed by atoms with Crippen molar-refractivity contribution in [1.82, 2.24) is 10.2 Å². The third-order valence-electron chi connectivity index (χ3n) is 5.22. The van der Waals surface area contributed by atoms with Crippen molar-refractivity contribution in [2.45, 2.75) is 19.4 Å². The molecule has 0 radical (unpaired) electrons. The Kier molecular flexibility index (Phi) is 6.03. The number of amides is 3. The molecule has 1 saturated heterocycles. The summed E-state index contributed by atoms with van der Waals surface area (Å²) < 4.78 is 6.28. The molecule has 1 N–H and O–H groups in total. The lowest BCUT2D eigenvalue weighted by atomic mass is 10.1. The van der Waals surface area contributed by atoms with Crippen LogP contribution in [0.1, 0.15) is 28.8 Å². The van der Waals surface area contributed by atoms with Gasteiger partial charge in [0.25, 0.3) is 11.8 Å². The van der Waals surface area contributed by atoms with Crippen molar-refractivity contribution in [3.63, 3.8) is 0 Å². The topological polar surface area (TPSA) is 79.0 Å². The number of nitrogens with one attached hydrogen (secondary N) is 1. The van der Waals surface area contributed by atoms with E-state index in [9.17, 15) is 14.4 Å². The predicted octanol–water partition coefficient (Wildman–Crippen LogP) is 2.73. The summed E-state index contributed by atoms with van der Waals surface area (Å²) in [4.78, 5) is 40.6. The van der Waals surface area contributed by atoms with Gasteiger partial charge in [-0.1, -0.05) is 28.1 Å². The lowest BCUT2D eigenvalue weighted by molar-refractivity contribution is -0.125. The summed E-state index contributed by atoms with van der Waals surface area (Å²) in [5.41, 5.74) is 2.04. The Morgan fingerprint density at radius 3 is 2.70 bits per heavy atom. The molecule has 0 spiro atoms. The van der Waals surface area contributed by atoms with E-state index in [0.717, 1.165) is 36.0 Å². The molecule has 156 valence electrons. The summed E-state index contributed by atoms with van der Waals surface area (Å²) >= 11 is 3.37. The van der Waals surface area contributed by atoms with Crippen molar-refractivity contribution in [3.8, 4) is 5.75 Å². The van der Waals surface area contributed by atoms with Crippen LogP contribution in [0.2, 0.25) is 0 Å². The van der Waals surface area contributed by atoms with E-state index in [1.807, 2.05) is 23.1 Å². The highest BCUT2D eigenvalue weighted by atomic mass is 79.9. The predicted molar refractivity (Wildman–Crippen MR) is 115 cm³/mol. The van der Waals surface area contributed by atoms with Crippen molar-refractivity contribution < 1.29 is 19.1 Å². The van der Waals surface area contributed by atoms with E-state index in [1.165, 1.54) is 4.90 Å². The number of likely N-dealkylation sites (tertiary alicyclic amines) is 1. The second-order valence-corrected chi connectivity index (χ2v) is 8.27. The smallest absolute Gasteiger partial charge is 0.265 e. The fourth-order valence-electron chi connectivity index (χ4n) is 3.67. The van der Waals surface area contributed by atoms with E-state index in [-0.39, 0.29) is 37.4 Å². The fraction of sp³-hybridized carbons (Fsp3) is 0.318. The van der Waals surface area contributed by atoms with Crippen molar-refractivity contribution >= 4 is 39.3 Å². The van der Waals surface area contributed by atoms with Gasteiger partial charge >= 0.3 is 0 Å². The van der Waals surface area contributed by atoms with Crippen molar-refractivity contribution in [1.29, 1.82) is 0 Å². The van der Waals surface area contributed by atoms with Gasteiger partial charge in [-0.3, -0.25) is 19.3 Å². The van der Waals surface area contributed by atoms with Gasteiger partial charge in [-0.15, -0.1) is 0 Å². The zero-order valence-corrected chi connectivity index (χ0v) is 18.0. The van der Waals surface area contributed by atoms with Gasteiger partial charge in [-0.25, -0.2) is 0 Å². The molecule has 4 rings (SSSR count). The first kappa shape index (κ1) is 20.4. The number of anilines is 1. The van der Waals surface area contributed by atoms with Crippen LogP contribution in [0.4, 0.5) is 5.69 Å². The Labute approximate surface area is 183 Å². The van der Waals surface area contributed by atoms with Gasteiger partial charge < -0.3 is 15.0 Å². The molecule has 7 nitrogen and oxygen atoms in total. The Morgan fingerprint density at radius 2 is 1.90 bits per heavy atom. The van der Waals surface area contributed by atoms with Gasteiger partial charge in [0.15, 0.2) is 6.61 Å². The van der Waals surface area contributed by atoms with E-state index in [2.05, 4.69) is 21.2 Å². The number of hydrogen-bond donors (Lipinski definition) is 1. The van der Waals surface area contributed by atoms with Crippen molar-refractivity contribution in [3.05, 3.63) is 58.1 Å². The normalized spacial score (nSPS) is 15.6. The average molecular weight is 472 g/mol. The summed E-state index contributed by atoms with van der Waals surface area (Å²) in [5, 5.41) is 2.84. The number of fused-ring (bicyclic) bond motifs is 1. The van der Waals surface area contributed by atoms with Gasteiger partial charge in [-0.2, -0.15) is 0 Å². The minimum absolute atomic E-state index is 0.0300. The van der Waals surface area contributed by atoms with E-state index < -0.39 is 0 Å². The van der Waals surface area contributed by atoms with E-state index in [4.69, 9.17) is 4.74 Å². The molecule has 2 aromatic rings. The molecule has 0 saturated carbocycles. The fourth-order valence-corrected chi connectivity index (χ4v) is 4.01. The second kappa shape index (κ2) is 8.87. The van der Waals surface area contributed by atoms with Crippen LogP contribution in [-0.4, -0.2) is 48.9 Å². The molecule has 2 aliphatic rings. The molecular formula is C22H22BrN3O4. The summed E-state index contributed by atoms with van der Waals surface area (Å²) in [6.45, 7) is 1.68.